The van der Waals surface area contributed by atoms with E-state index >= 15 is 0 Å². The van der Waals surface area contributed by atoms with Crippen molar-refractivity contribution in [3.63, 3.8) is 0 Å². The number of hydrogen-bond donors (Lipinski definition) is 0. The zero-order valence-corrected chi connectivity index (χ0v) is 16.4. The van der Waals surface area contributed by atoms with Gasteiger partial charge < -0.3 is 9.15 Å². The maximum atomic E-state index is 14.3. The molecule has 1 aromatic carbocycles. The first-order valence-corrected chi connectivity index (χ1v) is 9.59. The van der Waals surface area contributed by atoms with E-state index < -0.39 is 17.2 Å². The van der Waals surface area contributed by atoms with Gasteiger partial charge in [-0.1, -0.05) is 19.9 Å². The molecule has 2 aliphatic rings. The number of ether oxygens (including phenoxy) is 1. The van der Waals surface area contributed by atoms with Crippen LogP contribution in [0.2, 0.25) is 0 Å². The standard InChI is InChI=1S/C21H20F2N4O2/c1-11-24-26-17(29-11)10-28-21-8-7-13(20(21,2)3)12-9-16(25-27-19(12)21)18-14(22)5-4-6-15(18)23/h4-6,9,13H,7-8,10H2,1-3H3/t13-,21-/m0/s1. The first-order valence-electron chi connectivity index (χ1n) is 9.59. The molecule has 2 heterocycles. The van der Waals surface area contributed by atoms with Crippen molar-refractivity contribution < 1.29 is 17.9 Å². The molecule has 2 bridgehead atoms. The highest BCUT2D eigenvalue weighted by Crippen LogP contribution is 2.68. The van der Waals surface area contributed by atoms with E-state index in [0.717, 1.165) is 24.1 Å². The Morgan fingerprint density at radius 3 is 2.59 bits per heavy atom. The van der Waals surface area contributed by atoms with Crippen LogP contribution in [0.15, 0.2) is 28.7 Å². The molecule has 0 radical (unpaired) electrons. The van der Waals surface area contributed by atoms with Crippen molar-refractivity contribution in [2.24, 2.45) is 5.41 Å². The fourth-order valence-electron chi connectivity index (χ4n) is 5.04. The van der Waals surface area contributed by atoms with Crippen LogP contribution in [0.25, 0.3) is 11.3 Å². The van der Waals surface area contributed by atoms with E-state index in [9.17, 15) is 8.78 Å². The Morgan fingerprint density at radius 2 is 1.90 bits per heavy atom. The van der Waals surface area contributed by atoms with Gasteiger partial charge in [-0.3, -0.25) is 0 Å². The van der Waals surface area contributed by atoms with Gasteiger partial charge in [0.05, 0.1) is 17.0 Å². The number of nitrogens with zero attached hydrogens (tertiary/aromatic N) is 4. The second-order valence-electron chi connectivity index (χ2n) is 8.27. The minimum absolute atomic E-state index is 0.153. The van der Waals surface area contributed by atoms with Crippen molar-refractivity contribution in [1.82, 2.24) is 20.4 Å². The highest BCUT2D eigenvalue weighted by Gasteiger charge is 2.64. The normalized spacial score (nSPS) is 24.1. The summed E-state index contributed by atoms with van der Waals surface area (Å²) < 4.78 is 40.3. The maximum Gasteiger partial charge on any atom is 0.242 e. The van der Waals surface area contributed by atoms with E-state index in [-0.39, 0.29) is 29.2 Å². The average Bonchev–Trinajstić information content (AvgIpc) is 3.26. The van der Waals surface area contributed by atoms with Crippen molar-refractivity contribution >= 4 is 0 Å². The van der Waals surface area contributed by atoms with Gasteiger partial charge in [0.15, 0.2) is 0 Å². The third-order valence-electron chi connectivity index (χ3n) is 6.51. The van der Waals surface area contributed by atoms with Crippen molar-refractivity contribution in [3.8, 4) is 11.3 Å². The highest BCUT2D eigenvalue weighted by molar-refractivity contribution is 5.62. The maximum absolute atomic E-state index is 14.3. The molecular weight excluding hydrogens is 378 g/mol. The van der Waals surface area contributed by atoms with E-state index in [0.29, 0.717) is 11.8 Å². The Morgan fingerprint density at radius 1 is 1.14 bits per heavy atom. The summed E-state index contributed by atoms with van der Waals surface area (Å²) in [4.78, 5) is 0. The number of rotatable bonds is 4. The number of hydrogen-bond acceptors (Lipinski definition) is 6. The fourth-order valence-corrected chi connectivity index (χ4v) is 5.04. The molecule has 0 aliphatic heterocycles. The Bertz CT molecular complexity index is 1090. The molecule has 1 saturated carbocycles. The van der Waals surface area contributed by atoms with Crippen molar-refractivity contribution in [2.75, 3.05) is 0 Å². The molecule has 6 nitrogen and oxygen atoms in total. The van der Waals surface area contributed by atoms with Crippen LogP contribution in [0, 0.1) is 24.0 Å². The van der Waals surface area contributed by atoms with Crippen LogP contribution in [-0.4, -0.2) is 20.4 Å². The first kappa shape index (κ1) is 18.3. The second kappa shape index (κ2) is 6.13. The Kier molecular flexibility index (Phi) is 3.87. The number of benzene rings is 1. The van der Waals surface area contributed by atoms with Crippen LogP contribution in [0.4, 0.5) is 8.78 Å². The summed E-state index contributed by atoms with van der Waals surface area (Å²) in [7, 11) is 0. The molecule has 0 unspecified atom stereocenters. The van der Waals surface area contributed by atoms with Gasteiger partial charge in [0, 0.05) is 12.3 Å². The zero-order chi connectivity index (χ0) is 20.4. The molecular formula is C21H20F2N4O2. The number of aromatic nitrogens is 4. The lowest BCUT2D eigenvalue weighted by Crippen LogP contribution is -2.38. The Balaban J connectivity index is 1.56. The molecule has 0 amide bonds. The summed E-state index contributed by atoms with van der Waals surface area (Å²) in [6, 6.07) is 5.54. The lowest BCUT2D eigenvalue weighted by Gasteiger charge is -2.37. The van der Waals surface area contributed by atoms with Crippen LogP contribution >= 0.6 is 0 Å². The quantitative estimate of drug-likeness (QED) is 0.647. The minimum atomic E-state index is -0.658. The monoisotopic (exact) mass is 398 g/mol. The van der Waals surface area contributed by atoms with Crippen LogP contribution in [-0.2, 0) is 16.9 Å². The molecule has 0 spiro atoms. The molecule has 3 aromatic rings. The molecule has 5 rings (SSSR count). The van der Waals surface area contributed by atoms with Gasteiger partial charge in [0.25, 0.3) is 0 Å². The van der Waals surface area contributed by atoms with Gasteiger partial charge in [-0.05, 0) is 42.5 Å². The number of aryl methyl sites for hydroxylation is 1. The summed E-state index contributed by atoms with van der Waals surface area (Å²) in [5, 5.41) is 16.4. The fraction of sp³-hybridized carbons (Fsp3) is 0.429. The smallest absolute Gasteiger partial charge is 0.242 e. The first-order chi connectivity index (χ1) is 13.8. The molecule has 2 aliphatic carbocycles. The molecule has 0 saturated heterocycles. The zero-order valence-electron chi connectivity index (χ0n) is 16.4. The summed E-state index contributed by atoms with van der Waals surface area (Å²) in [5.74, 6) is -0.264. The van der Waals surface area contributed by atoms with Gasteiger partial charge in [-0.15, -0.1) is 15.3 Å². The lowest BCUT2D eigenvalue weighted by molar-refractivity contribution is -0.124. The summed E-state index contributed by atoms with van der Waals surface area (Å²) in [6.45, 7) is 6.16. The van der Waals surface area contributed by atoms with E-state index in [1.807, 2.05) is 0 Å². The molecule has 2 aromatic heterocycles. The second-order valence-corrected chi connectivity index (χ2v) is 8.27. The number of fused-ring (bicyclic) bond motifs is 5. The predicted molar refractivity (Wildman–Crippen MR) is 98.6 cm³/mol. The van der Waals surface area contributed by atoms with E-state index in [2.05, 4.69) is 34.2 Å². The van der Waals surface area contributed by atoms with Crippen LogP contribution in [0.3, 0.4) is 0 Å². The van der Waals surface area contributed by atoms with Gasteiger partial charge in [0.2, 0.25) is 11.8 Å². The summed E-state index contributed by atoms with van der Waals surface area (Å²) in [6.07, 6.45) is 1.68. The van der Waals surface area contributed by atoms with E-state index in [1.54, 1.807) is 13.0 Å². The van der Waals surface area contributed by atoms with Gasteiger partial charge >= 0.3 is 0 Å². The van der Waals surface area contributed by atoms with Gasteiger partial charge in [-0.25, -0.2) is 8.78 Å². The molecule has 29 heavy (non-hydrogen) atoms. The molecule has 0 N–H and O–H groups in total. The average molecular weight is 398 g/mol. The van der Waals surface area contributed by atoms with Crippen LogP contribution < -0.4 is 0 Å². The van der Waals surface area contributed by atoms with Crippen molar-refractivity contribution in [2.45, 2.75) is 51.7 Å². The van der Waals surface area contributed by atoms with E-state index in [1.165, 1.54) is 18.2 Å². The molecule has 2 atom stereocenters. The largest absolute Gasteiger partial charge is 0.423 e. The molecule has 150 valence electrons. The number of halogens is 2. The lowest BCUT2D eigenvalue weighted by atomic mass is 9.77. The predicted octanol–water partition coefficient (Wildman–Crippen LogP) is 4.44. The van der Waals surface area contributed by atoms with Crippen LogP contribution in [0.1, 0.15) is 55.6 Å². The Hall–Kier alpha value is -2.74. The molecule has 1 fully saturated rings. The minimum Gasteiger partial charge on any atom is -0.423 e. The third-order valence-corrected chi connectivity index (χ3v) is 6.51. The molecule has 8 heteroatoms. The summed E-state index contributed by atoms with van der Waals surface area (Å²) >= 11 is 0. The van der Waals surface area contributed by atoms with Crippen molar-refractivity contribution in [1.29, 1.82) is 0 Å². The topological polar surface area (TPSA) is 73.9 Å². The van der Waals surface area contributed by atoms with Gasteiger partial charge in [0.1, 0.15) is 23.8 Å². The SMILES string of the molecule is Cc1nnc(CO[C@@]23CC[C@@H](c4cc(-c5c(F)cccc5F)nnc42)C3(C)C)o1. The summed E-state index contributed by atoms with van der Waals surface area (Å²) in [5.41, 5.74) is 0.802. The van der Waals surface area contributed by atoms with Gasteiger partial charge in [-0.2, -0.15) is 5.10 Å². The Labute approximate surface area is 166 Å². The highest BCUT2D eigenvalue weighted by atomic mass is 19.1. The van der Waals surface area contributed by atoms with E-state index in [4.69, 9.17) is 9.15 Å². The third kappa shape index (κ3) is 2.48. The van der Waals surface area contributed by atoms with Crippen LogP contribution in [0.5, 0.6) is 0 Å². The van der Waals surface area contributed by atoms with Crippen molar-refractivity contribution in [3.05, 3.63) is 58.9 Å².